The third-order valence-corrected chi connectivity index (χ3v) is 6.93. The average molecular weight is 487 g/mol. The van der Waals surface area contributed by atoms with Gasteiger partial charge >= 0.3 is 15.6 Å². The summed E-state index contributed by atoms with van der Waals surface area (Å²) in [6, 6.07) is 9.43. The zero-order chi connectivity index (χ0) is 23.6. The van der Waals surface area contributed by atoms with E-state index in [2.05, 4.69) is 24.6 Å². The van der Waals surface area contributed by atoms with Crippen molar-refractivity contribution in [3.63, 3.8) is 0 Å². The summed E-state index contributed by atoms with van der Waals surface area (Å²) in [5.74, 6) is -0.332. The van der Waals surface area contributed by atoms with Crippen molar-refractivity contribution < 1.29 is 30.9 Å². The van der Waals surface area contributed by atoms with Crippen molar-refractivity contribution in [2.24, 2.45) is 0 Å². The summed E-state index contributed by atoms with van der Waals surface area (Å²) in [4.78, 5) is 2.09. The highest BCUT2D eigenvalue weighted by atomic mass is 32.2. The predicted octanol–water partition coefficient (Wildman–Crippen LogP) is 2.98. The predicted molar refractivity (Wildman–Crippen MR) is 114 cm³/mol. The Balaban J connectivity index is 1.65. The molecule has 2 aliphatic rings. The monoisotopic (exact) mass is 486 g/mol. The van der Waals surface area contributed by atoms with Crippen molar-refractivity contribution in [3.8, 4) is 5.88 Å². The second kappa shape index (κ2) is 9.43. The van der Waals surface area contributed by atoms with Gasteiger partial charge in [-0.2, -0.15) is 21.6 Å². The largest absolute Gasteiger partial charge is 0.534 e. The molecule has 0 saturated heterocycles. The van der Waals surface area contributed by atoms with Crippen molar-refractivity contribution in [3.05, 3.63) is 47.0 Å². The fourth-order valence-electron chi connectivity index (χ4n) is 4.25. The molecule has 1 aromatic carbocycles. The molecule has 2 atom stereocenters. The van der Waals surface area contributed by atoms with Crippen LogP contribution in [0.5, 0.6) is 5.88 Å². The van der Waals surface area contributed by atoms with Gasteiger partial charge in [0.05, 0.1) is 12.1 Å². The van der Waals surface area contributed by atoms with Gasteiger partial charge < -0.3 is 14.6 Å². The molecule has 2 heterocycles. The van der Waals surface area contributed by atoms with Gasteiger partial charge in [0.25, 0.3) is 5.88 Å². The molecule has 1 aromatic heterocycles. The van der Waals surface area contributed by atoms with E-state index in [0.29, 0.717) is 43.9 Å². The minimum absolute atomic E-state index is 0.238. The maximum Gasteiger partial charge on any atom is 0.534 e. The second-order valence-electron chi connectivity index (χ2n) is 8.34. The minimum Gasteiger partial charge on any atom is -0.391 e. The average Bonchev–Trinajstić information content (AvgIpc) is 2.76. The molecule has 0 radical (unpaired) electrons. The molecule has 180 valence electrons. The lowest BCUT2D eigenvalue weighted by atomic mass is 9.92. The first-order valence-electron chi connectivity index (χ1n) is 10.7. The van der Waals surface area contributed by atoms with E-state index in [1.165, 1.54) is 0 Å². The number of halogens is 3. The topological polar surface area (TPSA) is 105 Å². The number of alkyl halides is 3. The Bertz CT molecular complexity index is 1080. The smallest absolute Gasteiger partial charge is 0.391 e. The lowest BCUT2D eigenvalue weighted by Gasteiger charge is -2.33. The molecule has 0 spiro atoms. The third kappa shape index (κ3) is 5.39. The Hall–Kier alpha value is -2.44. The number of fused-ring (bicyclic) bond motifs is 1. The minimum atomic E-state index is -5.87. The van der Waals surface area contributed by atoms with Crippen LogP contribution in [0.1, 0.15) is 42.4 Å². The molecular formula is C21H25F3N4O4S. The number of anilines is 1. The zero-order valence-corrected chi connectivity index (χ0v) is 18.6. The molecule has 4 rings (SSSR count). The molecule has 8 nitrogen and oxygen atoms in total. The Morgan fingerprint density at radius 2 is 1.85 bits per heavy atom. The molecule has 2 aromatic rings. The summed E-state index contributed by atoms with van der Waals surface area (Å²) in [5, 5.41) is 21.2. The highest BCUT2D eigenvalue weighted by molar-refractivity contribution is 7.87. The maximum atomic E-state index is 12.9. The van der Waals surface area contributed by atoms with E-state index in [0.717, 1.165) is 18.4 Å². The number of aliphatic hydroxyl groups excluding tert-OH is 1. The first-order valence-corrected chi connectivity index (χ1v) is 12.1. The number of hydrogen-bond donors (Lipinski definition) is 2. The third-order valence-electron chi connectivity index (χ3n) is 5.98. The van der Waals surface area contributed by atoms with E-state index in [9.17, 15) is 26.7 Å². The van der Waals surface area contributed by atoms with E-state index in [1.54, 1.807) is 0 Å². The highest BCUT2D eigenvalue weighted by Gasteiger charge is 2.49. The summed E-state index contributed by atoms with van der Waals surface area (Å²) in [6.07, 6.45) is 2.85. The second-order valence-corrected chi connectivity index (χ2v) is 9.88. The number of rotatable bonds is 6. The van der Waals surface area contributed by atoms with Crippen LogP contribution in [0.2, 0.25) is 0 Å². The molecule has 1 fully saturated rings. The van der Waals surface area contributed by atoms with Crippen LogP contribution in [0.4, 0.5) is 19.0 Å². The number of nitrogens with one attached hydrogen (secondary N) is 1. The van der Waals surface area contributed by atoms with E-state index < -0.39 is 27.6 Å². The van der Waals surface area contributed by atoms with Crippen molar-refractivity contribution in [1.29, 1.82) is 0 Å². The van der Waals surface area contributed by atoms with Crippen LogP contribution in [0.3, 0.4) is 0 Å². The van der Waals surface area contributed by atoms with Crippen LogP contribution in [0, 0.1) is 0 Å². The van der Waals surface area contributed by atoms with Gasteiger partial charge in [-0.3, -0.25) is 4.90 Å². The van der Waals surface area contributed by atoms with E-state index in [-0.39, 0.29) is 18.0 Å². The van der Waals surface area contributed by atoms with Crippen molar-refractivity contribution >= 4 is 15.9 Å². The normalized spacial score (nSPS) is 21.9. The van der Waals surface area contributed by atoms with Crippen molar-refractivity contribution in [2.45, 2.75) is 62.8 Å². The molecule has 1 saturated carbocycles. The molecule has 12 heteroatoms. The Labute approximate surface area is 189 Å². The van der Waals surface area contributed by atoms with Gasteiger partial charge in [-0.25, -0.2) is 0 Å². The molecule has 2 N–H and O–H groups in total. The summed E-state index contributed by atoms with van der Waals surface area (Å²) in [6.45, 7) is 1.39. The molecule has 0 amide bonds. The van der Waals surface area contributed by atoms with Gasteiger partial charge in [0, 0.05) is 30.8 Å². The van der Waals surface area contributed by atoms with E-state index in [4.69, 9.17) is 0 Å². The molecule has 1 aliphatic heterocycles. The Morgan fingerprint density at radius 3 is 2.55 bits per heavy atom. The quantitative estimate of drug-likeness (QED) is 0.475. The fourth-order valence-corrected chi connectivity index (χ4v) is 4.69. The number of aliphatic hydroxyl groups is 1. The summed E-state index contributed by atoms with van der Waals surface area (Å²) in [7, 11) is -5.87. The maximum absolute atomic E-state index is 12.9. The Morgan fingerprint density at radius 1 is 1.12 bits per heavy atom. The number of hydrogen-bond acceptors (Lipinski definition) is 8. The van der Waals surface area contributed by atoms with Crippen LogP contribution in [0.15, 0.2) is 30.3 Å². The summed E-state index contributed by atoms with van der Waals surface area (Å²) >= 11 is 0. The van der Waals surface area contributed by atoms with Gasteiger partial charge in [0.1, 0.15) is 0 Å². The number of nitrogens with zero attached hydrogens (tertiary/aromatic N) is 3. The molecule has 0 unspecified atom stereocenters. The molecule has 33 heavy (non-hydrogen) atoms. The fraction of sp³-hybridized carbons (Fsp3) is 0.524. The van der Waals surface area contributed by atoms with E-state index in [1.807, 2.05) is 30.3 Å². The first-order chi connectivity index (χ1) is 15.6. The molecule has 0 bridgehead atoms. The first kappa shape index (κ1) is 23.7. The van der Waals surface area contributed by atoms with Crippen LogP contribution < -0.4 is 9.50 Å². The SMILES string of the molecule is O=S(=O)(Oc1nnc(N[C@@H]2CCCC[C@H]2O)c2c1CCN(Cc1ccccc1)C2)C(F)(F)F. The van der Waals surface area contributed by atoms with E-state index >= 15 is 0 Å². The van der Waals surface area contributed by atoms with Crippen molar-refractivity contribution in [2.75, 3.05) is 11.9 Å². The van der Waals surface area contributed by atoms with Gasteiger partial charge in [-0.05, 0) is 24.8 Å². The zero-order valence-electron chi connectivity index (χ0n) is 17.8. The van der Waals surface area contributed by atoms with Crippen LogP contribution >= 0.6 is 0 Å². The van der Waals surface area contributed by atoms with Crippen molar-refractivity contribution in [1.82, 2.24) is 15.1 Å². The van der Waals surface area contributed by atoms with Gasteiger partial charge in [-0.15, -0.1) is 10.2 Å². The van der Waals surface area contributed by atoms with Gasteiger partial charge in [-0.1, -0.05) is 43.2 Å². The number of benzene rings is 1. The lowest BCUT2D eigenvalue weighted by molar-refractivity contribution is -0.0502. The summed E-state index contributed by atoms with van der Waals surface area (Å²) in [5.41, 5.74) is -3.71. The molecule has 1 aliphatic carbocycles. The number of aromatic nitrogens is 2. The highest BCUT2D eigenvalue weighted by Crippen LogP contribution is 2.35. The lowest BCUT2D eigenvalue weighted by Crippen LogP contribution is -2.38. The van der Waals surface area contributed by atoms with Crippen LogP contribution in [-0.2, 0) is 29.6 Å². The standard InChI is InChI=1S/C21H25F3N4O4S/c22-21(23,24)33(30,31)32-20-15-10-11-28(12-14-6-2-1-3-7-14)13-16(15)19(26-27-20)25-17-8-4-5-9-18(17)29/h1-3,6-7,17-18,29H,4-5,8-13H2,(H,25,26)/t17-,18-/m1/s1. The molecular weight excluding hydrogens is 461 g/mol. The van der Waals surface area contributed by atoms with Crippen LogP contribution in [-0.4, -0.2) is 52.8 Å². The van der Waals surface area contributed by atoms with Gasteiger partial charge in [0.2, 0.25) is 0 Å². The van der Waals surface area contributed by atoms with Crippen LogP contribution in [0.25, 0.3) is 0 Å². The van der Waals surface area contributed by atoms with Gasteiger partial charge in [0.15, 0.2) is 5.82 Å². The Kier molecular flexibility index (Phi) is 6.78. The summed E-state index contributed by atoms with van der Waals surface area (Å²) < 4.78 is 66.2.